The average molecular weight is 279 g/mol. The first-order valence-electron chi connectivity index (χ1n) is 5.13. The van der Waals surface area contributed by atoms with Crippen LogP contribution in [-0.2, 0) is 6.54 Å². The standard InChI is InChI=1S/C11H7ClN4OS/c12-9-4-13-7(3-14-9)5-16-6-15-10-8(11(16)17)1-2-18-10/h1-4,6H,5H2. The summed E-state index contributed by atoms with van der Waals surface area (Å²) in [6.07, 6.45) is 4.53. The molecular weight excluding hydrogens is 272 g/mol. The van der Waals surface area contributed by atoms with Gasteiger partial charge in [0.1, 0.15) is 9.98 Å². The molecule has 0 amide bonds. The van der Waals surface area contributed by atoms with Gasteiger partial charge < -0.3 is 0 Å². The van der Waals surface area contributed by atoms with E-state index >= 15 is 0 Å². The van der Waals surface area contributed by atoms with Gasteiger partial charge in [-0.3, -0.25) is 14.3 Å². The van der Waals surface area contributed by atoms with Gasteiger partial charge in [-0.05, 0) is 11.4 Å². The molecule has 0 bridgehead atoms. The van der Waals surface area contributed by atoms with E-state index in [1.807, 2.05) is 5.38 Å². The Balaban J connectivity index is 2.02. The molecule has 0 aliphatic carbocycles. The molecule has 5 nitrogen and oxygen atoms in total. The molecule has 18 heavy (non-hydrogen) atoms. The van der Waals surface area contributed by atoms with Crippen molar-refractivity contribution in [2.24, 2.45) is 0 Å². The smallest absolute Gasteiger partial charge is 0.262 e. The minimum atomic E-state index is -0.0713. The number of thiophene rings is 1. The Labute approximate surface area is 111 Å². The number of rotatable bonds is 2. The summed E-state index contributed by atoms with van der Waals surface area (Å²) in [7, 11) is 0. The normalized spacial score (nSPS) is 10.9. The van der Waals surface area contributed by atoms with Gasteiger partial charge in [0.2, 0.25) is 0 Å². The quantitative estimate of drug-likeness (QED) is 0.719. The van der Waals surface area contributed by atoms with E-state index in [-0.39, 0.29) is 5.56 Å². The van der Waals surface area contributed by atoms with Crippen LogP contribution >= 0.6 is 22.9 Å². The molecule has 0 aliphatic rings. The fourth-order valence-electron chi connectivity index (χ4n) is 1.60. The highest BCUT2D eigenvalue weighted by Gasteiger charge is 2.06. The molecule has 0 N–H and O–H groups in total. The third-order valence-corrected chi connectivity index (χ3v) is 3.47. The van der Waals surface area contributed by atoms with Crippen molar-refractivity contribution in [1.82, 2.24) is 19.5 Å². The first kappa shape index (κ1) is 11.3. The van der Waals surface area contributed by atoms with E-state index in [4.69, 9.17) is 11.6 Å². The summed E-state index contributed by atoms with van der Waals surface area (Å²) in [6.45, 7) is 0.335. The van der Waals surface area contributed by atoms with Gasteiger partial charge in [-0.15, -0.1) is 11.3 Å². The van der Waals surface area contributed by atoms with Crippen molar-refractivity contribution in [2.45, 2.75) is 6.54 Å². The van der Waals surface area contributed by atoms with Crippen LogP contribution in [-0.4, -0.2) is 19.5 Å². The first-order valence-corrected chi connectivity index (χ1v) is 6.39. The molecule has 0 aliphatic heterocycles. The molecule has 90 valence electrons. The predicted octanol–water partition coefficient (Wildman–Crippen LogP) is 1.95. The number of hydrogen-bond acceptors (Lipinski definition) is 5. The van der Waals surface area contributed by atoms with E-state index < -0.39 is 0 Å². The van der Waals surface area contributed by atoms with Crippen molar-refractivity contribution in [3.8, 4) is 0 Å². The third-order valence-electron chi connectivity index (χ3n) is 2.46. The van der Waals surface area contributed by atoms with Gasteiger partial charge in [0.15, 0.2) is 0 Å². The average Bonchev–Trinajstić information content (AvgIpc) is 2.84. The Hall–Kier alpha value is -1.79. The lowest BCUT2D eigenvalue weighted by atomic mass is 10.4. The Morgan fingerprint density at radius 1 is 1.28 bits per heavy atom. The predicted molar refractivity (Wildman–Crippen MR) is 70.0 cm³/mol. The lowest BCUT2D eigenvalue weighted by Gasteiger charge is -2.04. The maximum atomic E-state index is 12.1. The number of fused-ring (bicyclic) bond motifs is 1. The Morgan fingerprint density at radius 2 is 2.17 bits per heavy atom. The van der Waals surface area contributed by atoms with Crippen LogP contribution in [0, 0.1) is 0 Å². The number of aromatic nitrogens is 4. The van der Waals surface area contributed by atoms with Crippen LogP contribution in [0.4, 0.5) is 0 Å². The molecule has 3 aromatic rings. The van der Waals surface area contributed by atoms with Crippen LogP contribution in [0.5, 0.6) is 0 Å². The van der Waals surface area contributed by atoms with Crippen LogP contribution < -0.4 is 5.56 Å². The van der Waals surface area contributed by atoms with E-state index in [0.717, 1.165) is 4.83 Å². The molecule has 0 unspecified atom stereocenters. The molecular formula is C11H7ClN4OS. The second-order valence-electron chi connectivity index (χ2n) is 3.65. The lowest BCUT2D eigenvalue weighted by Crippen LogP contribution is -2.21. The molecule has 0 radical (unpaired) electrons. The Morgan fingerprint density at radius 3 is 2.94 bits per heavy atom. The van der Waals surface area contributed by atoms with Gasteiger partial charge in [-0.25, -0.2) is 9.97 Å². The zero-order chi connectivity index (χ0) is 12.5. The van der Waals surface area contributed by atoms with Crippen molar-refractivity contribution in [3.63, 3.8) is 0 Å². The Bertz CT molecular complexity index is 750. The second kappa shape index (κ2) is 4.47. The summed E-state index contributed by atoms with van der Waals surface area (Å²) in [5.41, 5.74) is 0.593. The maximum absolute atomic E-state index is 12.1. The fourth-order valence-corrected chi connectivity index (χ4v) is 2.42. The monoisotopic (exact) mass is 278 g/mol. The van der Waals surface area contributed by atoms with Gasteiger partial charge in [-0.2, -0.15) is 0 Å². The van der Waals surface area contributed by atoms with Crippen LogP contribution in [0.15, 0.2) is 35.0 Å². The molecule has 7 heteroatoms. The molecule has 3 rings (SSSR count). The molecule has 0 aromatic carbocycles. The van der Waals surface area contributed by atoms with Crippen molar-refractivity contribution < 1.29 is 0 Å². The van der Waals surface area contributed by atoms with E-state index in [0.29, 0.717) is 22.8 Å². The molecule has 3 heterocycles. The van der Waals surface area contributed by atoms with E-state index in [9.17, 15) is 4.79 Å². The Kier molecular flexibility index (Phi) is 2.81. The van der Waals surface area contributed by atoms with Gasteiger partial charge in [0.25, 0.3) is 5.56 Å². The minimum Gasteiger partial charge on any atom is -0.293 e. The molecule has 0 saturated heterocycles. The summed E-state index contributed by atoms with van der Waals surface area (Å²) >= 11 is 7.10. The summed E-state index contributed by atoms with van der Waals surface area (Å²) in [5.74, 6) is 0. The summed E-state index contributed by atoms with van der Waals surface area (Å²) < 4.78 is 1.51. The van der Waals surface area contributed by atoms with Crippen LogP contribution in [0.2, 0.25) is 5.15 Å². The number of halogens is 1. The largest absolute Gasteiger partial charge is 0.293 e. The van der Waals surface area contributed by atoms with Crippen molar-refractivity contribution in [2.75, 3.05) is 0 Å². The topological polar surface area (TPSA) is 60.7 Å². The van der Waals surface area contributed by atoms with Crippen molar-refractivity contribution >= 4 is 33.2 Å². The minimum absolute atomic E-state index is 0.0713. The van der Waals surface area contributed by atoms with Gasteiger partial charge in [-0.1, -0.05) is 11.6 Å². The molecule has 0 fully saturated rings. The number of hydrogen-bond donors (Lipinski definition) is 0. The summed E-state index contributed by atoms with van der Waals surface area (Å²) in [5, 5.41) is 2.81. The molecule has 3 aromatic heterocycles. The highest BCUT2D eigenvalue weighted by atomic mass is 35.5. The van der Waals surface area contributed by atoms with Crippen LogP contribution in [0.1, 0.15) is 5.69 Å². The van der Waals surface area contributed by atoms with Gasteiger partial charge in [0, 0.05) is 0 Å². The van der Waals surface area contributed by atoms with E-state index in [1.54, 1.807) is 12.3 Å². The SMILES string of the molecule is O=c1c2ccsc2ncn1Cc1cnc(Cl)cn1. The summed E-state index contributed by atoms with van der Waals surface area (Å²) in [4.78, 5) is 25.1. The van der Waals surface area contributed by atoms with Crippen LogP contribution in [0.25, 0.3) is 10.2 Å². The third kappa shape index (κ3) is 2.00. The maximum Gasteiger partial charge on any atom is 0.262 e. The number of nitrogens with zero attached hydrogens (tertiary/aromatic N) is 4. The zero-order valence-corrected chi connectivity index (χ0v) is 10.6. The summed E-state index contributed by atoms with van der Waals surface area (Å²) in [6, 6.07) is 1.78. The zero-order valence-electron chi connectivity index (χ0n) is 9.08. The molecule has 0 spiro atoms. The lowest BCUT2D eigenvalue weighted by molar-refractivity contribution is 0.726. The fraction of sp³-hybridized carbons (Fsp3) is 0.0909. The van der Waals surface area contributed by atoms with E-state index in [1.165, 1.54) is 28.4 Å². The van der Waals surface area contributed by atoms with Crippen LogP contribution in [0.3, 0.4) is 0 Å². The van der Waals surface area contributed by atoms with E-state index in [2.05, 4.69) is 15.0 Å². The molecule has 0 saturated carbocycles. The second-order valence-corrected chi connectivity index (χ2v) is 4.93. The van der Waals surface area contributed by atoms with Gasteiger partial charge in [0.05, 0.1) is 36.3 Å². The first-order chi connectivity index (χ1) is 8.74. The highest BCUT2D eigenvalue weighted by molar-refractivity contribution is 7.16. The van der Waals surface area contributed by atoms with Crippen molar-refractivity contribution in [3.05, 3.63) is 51.4 Å². The van der Waals surface area contributed by atoms with Gasteiger partial charge >= 0.3 is 0 Å². The highest BCUT2D eigenvalue weighted by Crippen LogP contribution is 2.13. The van der Waals surface area contributed by atoms with Crippen molar-refractivity contribution in [1.29, 1.82) is 0 Å². The molecule has 0 atom stereocenters.